The third-order valence-electron chi connectivity index (χ3n) is 3.30. The topological polar surface area (TPSA) is 37.3 Å². The van der Waals surface area contributed by atoms with Gasteiger partial charge in [0.1, 0.15) is 0 Å². The molecular formula is C19H14O2S. The molecule has 0 aliphatic heterocycles. The molecule has 0 spiro atoms. The lowest BCUT2D eigenvalue weighted by molar-refractivity contribution is 0.0697. The van der Waals surface area contributed by atoms with Gasteiger partial charge in [-0.15, -0.1) is 0 Å². The Hall–Kier alpha value is -2.52. The molecule has 3 aromatic carbocycles. The monoisotopic (exact) mass is 306 g/mol. The number of aromatic carboxylic acids is 1. The first kappa shape index (κ1) is 14.4. The Labute approximate surface area is 133 Å². The normalized spacial score (nSPS) is 10.4. The molecule has 3 aromatic rings. The summed E-state index contributed by atoms with van der Waals surface area (Å²) >= 11 is 1.69. The maximum atomic E-state index is 11.3. The molecule has 0 atom stereocenters. The lowest BCUT2D eigenvalue weighted by atomic mass is 10.00. The summed E-state index contributed by atoms with van der Waals surface area (Å²) in [4.78, 5) is 13.6. The van der Waals surface area contributed by atoms with Gasteiger partial charge in [-0.05, 0) is 41.5 Å². The van der Waals surface area contributed by atoms with E-state index in [1.807, 2.05) is 54.6 Å². The molecule has 0 aliphatic rings. The van der Waals surface area contributed by atoms with Crippen LogP contribution < -0.4 is 0 Å². The summed E-state index contributed by atoms with van der Waals surface area (Å²) in [7, 11) is 0. The molecule has 0 amide bonds. The van der Waals surface area contributed by atoms with Crippen LogP contribution in [0.5, 0.6) is 0 Å². The van der Waals surface area contributed by atoms with E-state index in [9.17, 15) is 9.90 Å². The minimum absolute atomic E-state index is 0.325. The fourth-order valence-electron chi connectivity index (χ4n) is 2.25. The van der Waals surface area contributed by atoms with Crippen molar-refractivity contribution in [1.82, 2.24) is 0 Å². The summed E-state index contributed by atoms with van der Waals surface area (Å²) in [6.07, 6.45) is 0. The van der Waals surface area contributed by atoms with Crippen molar-refractivity contribution in [2.24, 2.45) is 0 Å². The highest BCUT2D eigenvalue weighted by Gasteiger charge is 2.10. The van der Waals surface area contributed by atoms with Crippen LogP contribution in [0.4, 0.5) is 0 Å². The minimum Gasteiger partial charge on any atom is -0.478 e. The lowest BCUT2D eigenvalue weighted by Crippen LogP contribution is -1.98. The van der Waals surface area contributed by atoms with Gasteiger partial charge in [-0.3, -0.25) is 0 Å². The standard InChI is InChI=1S/C19H14O2S/c20-19(21)18-9-5-4-8-17(18)14-10-12-16(13-11-14)22-15-6-2-1-3-7-15/h1-13H,(H,20,21). The van der Waals surface area contributed by atoms with E-state index in [0.29, 0.717) is 5.56 Å². The zero-order chi connectivity index (χ0) is 15.4. The van der Waals surface area contributed by atoms with E-state index in [2.05, 4.69) is 12.1 Å². The van der Waals surface area contributed by atoms with Gasteiger partial charge in [-0.25, -0.2) is 4.79 Å². The Bertz CT molecular complexity index is 780. The third-order valence-corrected chi connectivity index (χ3v) is 4.32. The molecule has 0 aliphatic carbocycles. The van der Waals surface area contributed by atoms with Gasteiger partial charge >= 0.3 is 5.97 Å². The molecule has 1 N–H and O–H groups in total. The first-order valence-corrected chi connectivity index (χ1v) is 7.71. The molecule has 0 aromatic heterocycles. The first-order chi connectivity index (χ1) is 10.7. The van der Waals surface area contributed by atoms with Crippen molar-refractivity contribution in [2.45, 2.75) is 9.79 Å². The van der Waals surface area contributed by atoms with Gasteiger partial charge in [0.25, 0.3) is 0 Å². The van der Waals surface area contributed by atoms with Gasteiger partial charge in [0.15, 0.2) is 0 Å². The molecule has 3 rings (SSSR count). The van der Waals surface area contributed by atoms with Crippen LogP contribution in [0.1, 0.15) is 10.4 Å². The van der Waals surface area contributed by atoms with Gasteiger partial charge in [0.05, 0.1) is 5.56 Å². The fraction of sp³-hybridized carbons (Fsp3) is 0. The van der Waals surface area contributed by atoms with Crippen LogP contribution in [0.15, 0.2) is 88.7 Å². The number of rotatable bonds is 4. The highest BCUT2D eigenvalue weighted by molar-refractivity contribution is 7.99. The number of benzene rings is 3. The highest BCUT2D eigenvalue weighted by Crippen LogP contribution is 2.30. The maximum Gasteiger partial charge on any atom is 0.336 e. The fourth-order valence-corrected chi connectivity index (χ4v) is 3.09. The third kappa shape index (κ3) is 3.21. The summed E-state index contributed by atoms with van der Waals surface area (Å²) in [5, 5.41) is 9.27. The second-order valence-electron chi connectivity index (χ2n) is 4.79. The molecular weight excluding hydrogens is 292 g/mol. The summed E-state index contributed by atoms with van der Waals surface area (Å²) in [6, 6.07) is 25.2. The zero-order valence-electron chi connectivity index (χ0n) is 11.8. The summed E-state index contributed by atoms with van der Waals surface area (Å²) in [5.41, 5.74) is 1.98. The van der Waals surface area contributed by atoms with Gasteiger partial charge in [-0.2, -0.15) is 0 Å². The second kappa shape index (κ2) is 6.50. The van der Waals surface area contributed by atoms with Gasteiger partial charge in [0.2, 0.25) is 0 Å². The predicted octanol–water partition coefficient (Wildman–Crippen LogP) is 5.20. The molecule has 22 heavy (non-hydrogen) atoms. The van der Waals surface area contributed by atoms with Crippen LogP contribution in [0.3, 0.4) is 0 Å². The van der Waals surface area contributed by atoms with Crippen LogP contribution in [-0.2, 0) is 0 Å². The molecule has 0 saturated carbocycles. The maximum absolute atomic E-state index is 11.3. The molecule has 0 saturated heterocycles. The second-order valence-corrected chi connectivity index (χ2v) is 5.94. The highest BCUT2D eigenvalue weighted by atomic mass is 32.2. The Morgan fingerprint density at radius 3 is 2.00 bits per heavy atom. The molecule has 2 nitrogen and oxygen atoms in total. The van der Waals surface area contributed by atoms with E-state index in [1.165, 1.54) is 4.90 Å². The smallest absolute Gasteiger partial charge is 0.336 e. The number of hydrogen-bond acceptors (Lipinski definition) is 2. The van der Waals surface area contributed by atoms with Gasteiger partial charge in [0, 0.05) is 9.79 Å². The van der Waals surface area contributed by atoms with E-state index in [4.69, 9.17) is 0 Å². The molecule has 0 heterocycles. The summed E-state index contributed by atoms with van der Waals surface area (Å²) < 4.78 is 0. The molecule has 0 bridgehead atoms. The molecule has 0 radical (unpaired) electrons. The summed E-state index contributed by atoms with van der Waals surface area (Å²) in [5.74, 6) is -0.904. The Morgan fingerprint density at radius 1 is 0.727 bits per heavy atom. The number of carboxylic acid groups (broad SMARTS) is 1. The van der Waals surface area contributed by atoms with Crippen LogP contribution in [0.25, 0.3) is 11.1 Å². The van der Waals surface area contributed by atoms with E-state index in [1.54, 1.807) is 23.9 Å². The number of carbonyl (C=O) groups is 1. The number of carboxylic acids is 1. The molecule has 108 valence electrons. The Kier molecular flexibility index (Phi) is 4.26. The van der Waals surface area contributed by atoms with Crippen molar-refractivity contribution in [3.05, 3.63) is 84.4 Å². The Morgan fingerprint density at radius 2 is 1.32 bits per heavy atom. The van der Waals surface area contributed by atoms with Crippen LogP contribution >= 0.6 is 11.8 Å². The number of hydrogen-bond donors (Lipinski definition) is 1. The average Bonchev–Trinajstić information content (AvgIpc) is 2.56. The van der Waals surface area contributed by atoms with Crippen molar-refractivity contribution >= 4 is 17.7 Å². The van der Waals surface area contributed by atoms with Crippen molar-refractivity contribution in [3.8, 4) is 11.1 Å². The zero-order valence-corrected chi connectivity index (χ0v) is 12.6. The summed E-state index contributed by atoms with van der Waals surface area (Å²) in [6.45, 7) is 0. The van der Waals surface area contributed by atoms with Crippen molar-refractivity contribution in [1.29, 1.82) is 0 Å². The minimum atomic E-state index is -0.904. The lowest BCUT2D eigenvalue weighted by Gasteiger charge is -2.07. The van der Waals surface area contributed by atoms with E-state index >= 15 is 0 Å². The van der Waals surface area contributed by atoms with Crippen molar-refractivity contribution in [2.75, 3.05) is 0 Å². The van der Waals surface area contributed by atoms with Crippen LogP contribution in [-0.4, -0.2) is 11.1 Å². The van der Waals surface area contributed by atoms with Crippen LogP contribution in [0.2, 0.25) is 0 Å². The van der Waals surface area contributed by atoms with E-state index in [-0.39, 0.29) is 0 Å². The predicted molar refractivity (Wildman–Crippen MR) is 89.4 cm³/mol. The van der Waals surface area contributed by atoms with E-state index in [0.717, 1.165) is 16.0 Å². The van der Waals surface area contributed by atoms with Gasteiger partial charge in [-0.1, -0.05) is 60.3 Å². The Balaban J connectivity index is 1.87. The largest absolute Gasteiger partial charge is 0.478 e. The van der Waals surface area contributed by atoms with Gasteiger partial charge < -0.3 is 5.11 Å². The quantitative estimate of drug-likeness (QED) is 0.719. The van der Waals surface area contributed by atoms with Crippen molar-refractivity contribution in [3.63, 3.8) is 0 Å². The average molecular weight is 306 g/mol. The SMILES string of the molecule is O=C(O)c1ccccc1-c1ccc(Sc2ccccc2)cc1. The molecule has 3 heteroatoms. The molecule has 0 fully saturated rings. The van der Waals surface area contributed by atoms with Crippen LogP contribution in [0, 0.1) is 0 Å². The van der Waals surface area contributed by atoms with Crippen molar-refractivity contribution < 1.29 is 9.90 Å². The molecule has 0 unspecified atom stereocenters. The van der Waals surface area contributed by atoms with E-state index < -0.39 is 5.97 Å². The first-order valence-electron chi connectivity index (χ1n) is 6.90.